The molecule has 0 fully saturated rings. The van der Waals surface area contributed by atoms with Crippen LogP contribution < -0.4 is 4.74 Å². The fraction of sp³-hybridized carbons (Fsp3) is 0.200. The van der Waals surface area contributed by atoms with E-state index in [9.17, 15) is 8.42 Å². The Morgan fingerprint density at radius 3 is 2.52 bits per heavy atom. The number of benzene rings is 2. The Labute approximate surface area is 136 Å². The van der Waals surface area contributed by atoms with Gasteiger partial charge in [-0.25, -0.2) is 8.42 Å². The summed E-state index contributed by atoms with van der Waals surface area (Å²) in [7, 11) is 1.58. The first kappa shape index (κ1) is 14.9. The van der Waals surface area contributed by atoms with E-state index in [0.29, 0.717) is 10.2 Å². The van der Waals surface area contributed by atoms with Crippen LogP contribution in [0.1, 0.15) is 17.5 Å². The molecule has 0 saturated carbocycles. The predicted molar refractivity (Wildman–Crippen MR) is 85.7 cm³/mol. The van der Waals surface area contributed by atoms with Crippen LogP contribution in [0.2, 0.25) is 0 Å². The van der Waals surface area contributed by atoms with E-state index in [-0.39, 0.29) is 4.90 Å². The van der Waals surface area contributed by atoms with Crippen molar-refractivity contribution in [2.24, 2.45) is 0 Å². The lowest BCUT2D eigenvalue weighted by atomic mass is 10.1. The van der Waals surface area contributed by atoms with Crippen LogP contribution in [0.15, 0.2) is 45.8 Å². The van der Waals surface area contributed by atoms with Gasteiger partial charge in [0.05, 0.1) is 9.37 Å². The van der Waals surface area contributed by atoms with E-state index in [4.69, 9.17) is 15.4 Å². The lowest BCUT2D eigenvalue weighted by Crippen LogP contribution is -1.93. The third kappa shape index (κ3) is 3.25. The van der Waals surface area contributed by atoms with Crippen molar-refractivity contribution in [1.29, 1.82) is 0 Å². The summed E-state index contributed by atoms with van der Waals surface area (Å²) in [6, 6.07) is 10.5. The molecule has 0 bridgehead atoms. The second kappa shape index (κ2) is 5.63. The van der Waals surface area contributed by atoms with Crippen LogP contribution in [0.25, 0.3) is 0 Å². The van der Waals surface area contributed by atoms with Crippen molar-refractivity contribution in [1.82, 2.24) is 0 Å². The minimum Gasteiger partial charge on any atom is -0.456 e. The van der Waals surface area contributed by atoms with Crippen molar-refractivity contribution in [2.45, 2.75) is 24.2 Å². The zero-order valence-electron chi connectivity index (χ0n) is 11.0. The Hall–Kier alpha value is -1.04. The molecule has 0 amide bonds. The van der Waals surface area contributed by atoms with Crippen molar-refractivity contribution in [3.8, 4) is 11.5 Å². The van der Waals surface area contributed by atoms with E-state index in [1.165, 1.54) is 29.7 Å². The highest BCUT2D eigenvalue weighted by molar-refractivity contribution is 9.10. The first-order valence-electron chi connectivity index (χ1n) is 6.47. The van der Waals surface area contributed by atoms with Gasteiger partial charge in [0.15, 0.2) is 0 Å². The van der Waals surface area contributed by atoms with Gasteiger partial charge in [-0.15, -0.1) is 0 Å². The predicted octanol–water partition coefficient (Wildman–Crippen LogP) is 4.66. The summed E-state index contributed by atoms with van der Waals surface area (Å²) >= 11 is 3.31. The molecule has 3 rings (SSSR count). The molecule has 1 aliphatic carbocycles. The van der Waals surface area contributed by atoms with Gasteiger partial charge < -0.3 is 4.74 Å². The standard InChI is InChI=1S/C15H12BrClO3S/c16-14-9-13(21(17,18)19)6-7-15(14)20-12-5-4-10-2-1-3-11(10)8-12/h4-9H,1-3H2. The number of halogens is 2. The fourth-order valence-corrected chi connectivity index (χ4v) is 3.84. The Kier molecular flexibility index (Phi) is 3.99. The largest absolute Gasteiger partial charge is 0.456 e. The van der Waals surface area contributed by atoms with E-state index in [2.05, 4.69) is 22.0 Å². The summed E-state index contributed by atoms with van der Waals surface area (Å²) in [5.74, 6) is 1.30. The molecule has 21 heavy (non-hydrogen) atoms. The van der Waals surface area contributed by atoms with Crippen molar-refractivity contribution >= 4 is 35.7 Å². The minimum absolute atomic E-state index is 0.0392. The Balaban J connectivity index is 1.88. The van der Waals surface area contributed by atoms with Crippen LogP contribution in [-0.4, -0.2) is 8.42 Å². The zero-order chi connectivity index (χ0) is 15.0. The smallest absolute Gasteiger partial charge is 0.261 e. The molecule has 2 aromatic carbocycles. The maximum absolute atomic E-state index is 11.3. The number of hydrogen-bond acceptors (Lipinski definition) is 3. The third-order valence-electron chi connectivity index (χ3n) is 3.48. The molecule has 3 nitrogen and oxygen atoms in total. The van der Waals surface area contributed by atoms with Gasteiger partial charge in [0, 0.05) is 10.7 Å². The lowest BCUT2D eigenvalue weighted by molar-refractivity contribution is 0.478. The van der Waals surface area contributed by atoms with Crippen molar-refractivity contribution < 1.29 is 13.2 Å². The molecule has 0 saturated heterocycles. The molecule has 0 aliphatic heterocycles. The summed E-state index contributed by atoms with van der Waals surface area (Å²) in [5.41, 5.74) is 2.70. The van der Waals surface area contributed by atoms with Crippen molar-refractivity contribution in [2.75, 3.05) is 0 Å². The second-order valence-electron chi connectivity index (χ2n) is 4.92. The third-order valence-corrected chi connectivity index (χ3v) is 5.45. The summed E-state index contributed by atoms with van der Waals surface area (Å²) in [6.07, 6.45) is 3.39. The summed E-state index contributed by atoms with van der Waals surface area (Å²) in [6.45, 7) is 0. The monoisotopic (exact) mass is 386 g/mol. The SMILES string of the molecule is O=S(=O)(Cl)c1ccc(Oc2ccc3c(c2)CCC3)c(Br)c1. The van der Waals surface area contributed by atoms with Crippen LogP contribution in [0, 0.1) is 0 Å². The van der Waals surface area contributed by atoms with Gasteiger partial charge in [-0.1, -0.05) is 6.07 Å². The Bertz CT molecular complexity index is 803. The summed E-state index contributed by atoms with van der Waals surface area (Å²) in [4.78, 5) is 0.0392. The van der Waals surface area contributed by atoms with Gasteiger partial charge in [-0.3, -0.25) is 0 Å². The van der Waals surface area contributed by atoms with Crippen molar-refractivity contribution in [3.63, 3.8) is 0 Å². The molecule has 110 valence electrons. The molecule has 1 aliphatic rings. The highest BCUT2D eigenvalue weighted by Crippen LogP contribution is 2.34. The van der Waals surface area contributed by atoms with E-state index < -0.39 is 9.05 Å². The quantitative estimate of drug-likeness (QED) is 0.720. The maximum Gasteiger partial charge on any atom is 0.261 e. The molecule has 0 N–H and O–H groups in total. The summed E-state index contributed by atoms with van der Waals surface area (Å²) < 4.78 is 28.9. The first-order chi connectivity index (χ1) is 9.93. The number of aryl methyl sites for hydroxylation is 2. The molecule has 6 heteroatoms. The highest BCUT2D eigenvalue weighted by Gasteiger charge is 2.15. The summed E-state index contributed by atoms with van der Waals surface area (Å²) in [5, 5.41) is 0. The van der Waals surface area contributed by atoms with E-state index in [1.54, 1.807) is 6.07 Å². The number of hydrogen-bond donors (Lipinski definition) is 0. The van der Waals surface area contributed by atoms with Crippen LogP contribution in [0.3, 0.4) is 0 Å². The molecular formula is C15H12BrClO3S. The van der Waals surface area contributed by atoms with Crippen LogP contribution in [0.4, 0.5) is 0 Å². The van der Waals surface area contributed by atoms with Crippen LogP contribution in [-0.2, 0) is 21.9 Å². The molecule has 0 spiro atoms. The van der Waals surface area contributed by atoms with Gasteiger partial charge >= 0.3 is 0 Å². The maximum atomic E-state index is 11.3. The molecule has 0 atom stereocenters. The highest BCUT2D eigenvalue weighted by atomic mass is 79.9. The van der Waals surface area contributed by atoms with Crippen LogP contribution >= 0.6 is 26.6 Å². The molecule has 0 heterocycles. The zero-order valence-corrected chi connectivity index (χ0v) is 14.1. The van der Waals surface area contributed by atoms with Crippen molar-refractivity contribution in [3.05, 3.63) is 52.0 Å². The number of ether oxygens (including phenoxy) is 1. The lowest BCUT2D eigenvalue weighted by Gasteiger charge is -2.10. The van der Waals surface area contributed by atoms with Crippen LogP contribution in [0.5, 0.6) is 11.5 Å². The molecule has 0 radical (unpaired) electrons. The Morgan fingerprint density at radius 1 is 1.05 bits per heavy atom. The number of fused-ring (bicyclic) bond motifs is 1. The Morgan fingerprint density at radius 2 is 1.81 bits per heavy atom. The first-order valence-corrected chi connectivity index (χ1v) is 9.57. The van der Waals surface area contributed by atoms with E-state index >= 15 is 0 Å². The average Bonchev–Trinajstić information content (AvgIpc) is 2.87. The minimum atomic E-state index is -3.74. The van der Waals surface area contributed by atoms with Gasteiger partial charge in [0.25, 0.3) is 9.05 Å². The fourth-order valence-electron chi connectivity index (χ4n) is 2.45. The van der Waals surface area contributed by atoms with Gasteiger partial charge in [-0.05, 0) is 76.7 Å². The molecule has 0 unspecified atom stereocenters. The molecule has 0 aromatic heterocycles. The van der Waals surface area contributed by atoms with Gasteiger partial charge in [-0.2, -0.15) is 0 Å². The van der Waals surface area contributed by atoms with E-state index in [1.807, 2.05) is 12.1 Å². The topological polar surface area (TPSA) is 43.4 Å². The normalized spacial score (nSPS) is 14.0. The second-order valence-corrected chi connectivity index (χ2v) is 8.34. The average molecular weight is 388 g/mol. The molecular weight excluding hydrogens is 376 g/mol. The van der Waals surface area contributed by atoms with Gasteiger partial charge in [0.1, 0.15) is 11.5 Å². The number of rotatable bonds is 3. The van der Waals surface area contributed by atoms with Gasteiger partial charge in [0.2, 0.25) is 0 Å². The molecule has 2 aromatic rings. The van der Waals surface area contributed by atoms with E-state index in [0.717, 1.165) is 18.6 Å².